The highest BCUT2D eigenvalue weighted by Gasteiger charge is 2.32. The van der Waals surface area contributed by atoms with Gasteiger partial charge in [-0.15, -0.1) is 0 Å². The smallest absolute Gasteiger partial charge is 0.329 e. The normalized spacial score (nSPS) is 20.7. The van der Waals surface area contributed by atoms with Crippen LogP contribution >= 0.6 is 0 Å². The van der Waals surface area contributed by atoms with Crippen molar-refractivity contribution < 1.29 is 33.3 Å². The minimum Gasteiger partial charge on any atom is -0.379 e. The van der Waals surface area contributed by atoms with E-state index in [2.05, 4.69) is 32.1 Å². The lowest BCUT2D eigenvalue weighted by molar-refractivity contribution is -0.139. The third kappa shape index (κ3) is 10.2. The van der Waals surface area contributed by atoms with Crippen LogP contribution in [0.1, 0.15) is 67.8 Å². The van der Waals surface area contributed by atoms with E-state index in [1.54, 1.807) is 17.9 Å². The van der Waals surface area contributed by atoms with Gasteiger partial charge in [0.25, 0.3) is 0 Å². The van der Waals surface area contributed by atoms with E-state index in [1.807, 2.05) is 29.3 Å². The largest absolute Gasteiger partial charge is 0.379 e. The van der Waals surface area contributed by atoms with E-state index in [-0.39, 0.29) is 30.5 Å². The fourth-order valence-electron chi connectivity index (χ4n) is 8.76. The summed E-state index contributed by atoms with van der Waals surface area (Å²) in [7, 11) is 1.70. The first-order valence-electron chi connectivity index (χ1n) is 20.9. The van der Waals surface area contributed by atoms with Crippen LogP contribution in [0.15, 0.2) is 35.5 Å². The molecule has 1 atom stereocenters. The van der Waals surface area contributed by atoms with Gasteiger partial charge in [-0.1, -0.05) is 6.07 Å². The third-order valence-electron chi connectivity index (χ3n) is 12.0. The number of rotatable bonds is 19. The second kappa shape index (κ2) is 20.0. The molecule has 5 heterocycles. The van der Waals surface area contributed by atoms with Gasteiger partial charge >= 0.3 is 5.69 Å². The van der Waals surface area contributed by atoms with Crippen molar-refractivity contribution in [2.75, 3.05) is 79.0 Å². The minimum atomic E-state index is -0.692. The average Bonchev–Trinajstić information content (AvgIpc) is 3.73. The van der Waals surface area contributed by atoms with Crippen LogP contribution in [0.3, 0.4) is 0 Å². The van der Waals surface area contributed by atoms with Gasteiger partial charge in [-0.05, 0) is 87.5 Å². The van der Waals surface area contributed by atoms with Crippen molar-refractivity contribution in [3.8, 4) is 0 Å². The molecule has 0 spiro atoms. The summed E-state index contributed by atoms with van der Waals surface area (Å²) in [6.07, 6.45) is 11.6. The number of imide groups is 1. The van der Waals surface area contributed by atoms with E-state index in [0.717, 1.165) is 67.9 Å². The number of hydrogen-bond donors (Lipinski definition) is 2. The quantitative estimate of drug-likeness (QED) is 0.105. The van der Waals surface area contributed by atoms with Crippen molar-refractivity contribution in [1.29, 1.82) is 0 Å². The Kier molecular flexibility index (Phi) is 14.4. The van der Waals surface area contributed by atoms with Crippen LogP contribution in [0.25, 0.3) is 22.1 Å². The van der Waals surface area contributed by atoms with Crippen molar-refractivity contribution in [2.24, 2.45) is 13.0 Å². The van der Waals surface area contributed by atoms with Crippen LogP contribution in [0.5, 0.6) is 0 Å². The summed E-state index contributed by atoms with van der Waals surface area (Å²) in [4.78, 5) is 66.5. The van der Waals surface area contributed by atoms with E-state index in [9.17, 15) is 19.2 Å². The molecule has 314 valence electrons. The molecule has 2 N–H and O–H groups in total. The highest BCUT2D eigenvalue weighted by atomic mass is 16.6. The zero-order chi connectivity index (χ0) is 40.4. The van der Waals surface area contributed by atoms with Crippen LogP contribution in [-0.4, -0.2) is 137 Å². The van der Waals surface area contributed by atoms with Gasteiger partial charge in [-0.3, -0.25) is 33.7 Å². The lowest BCUT2D eigenvalue weighted by atomic mass is 9.82. The molecule has 3 fully saturated rings. The Balaban J connectivity index is 0.675. The van der Waals surface area contributed by atoms with Gasteiger partial charge in [0.1, 0.15) is 24.6 Å². The summed E-state index contributed by atoms with van der Waals surface area (Å²) in [5.74, 6) is -0.0563. The first-order valence-corrected chi connectivity index (χ1v) is 20.9. The molecule has 1 aromatic carbocycles. The molecule has 0 bridgehead atoms. The molecule has 58 heavy (non-hydrogen) atoms. The monoisotopic (exact) mass is 802 g/mol. The number of piperazine rings is 1. The summed E-state index contributed by atoms with van der Waals surface area (Å²) >= 11 is 0. The maximum atomic E-state index is 13.0. The molecule has 4 aromatic rings. The van der Waals surface area contributed by atoms with Crippen molar-refractivity contribution in [3.05, 3.63) is 58.0 Å². The molecular formula is C42H58N8O8. The summed E-state index contributed by atoms with van der Waals surface area (Å²) < 4.78 is 25.6. The SMILES string of the molecule is Cc1c[nH]c2ncnc(CC3CCC(N4CCN(C(=O)COCCOCCOCCOCCCc5ccc6c(c5)n(C)c(=O)n6C5CCC(=O)NC5=O)CC4)CC3)c12. The molecule has 7 rings (SSSR count). The molecule has 2 saturated heterocycles. The Labute approximate surface area is 338 Å². The molecule has 1 saturated carbocycles. The summed E-state index contributed by atoms with van der Waals surface area (Å²) in [5.41, 5.74) is 5.54. The second-order valence-corrected chi connectivity index (χ2v) is 15.8. The topological polar surface area (TPSA) is 175 Å². The maximum Gasteiger partial charge on any atom is 0.329 e. The number of aromatic amines is 1. The van der Waals surface area contributed by atoms with Crippen LogP contribution in [0, 0.1) is 12.8 Å². The number of piperidine rings is 1. The summed E-state index contributed by atoms with van der Waals surface area (Å²) in [5, 5.41) is 3.52. The average molecular weight is 803 g/mol. The number of benzene rings is 1. The standard InChI is InChI=1S/C42H58N8O8/c1-29-26-43-40-39(29)33(44-28-45-40)24-31-5-8-32(9-6-31)48-13-15-49(16-14-48)38(52)27-58-23-22-57-21-20-56-19-18-55-17-3-4-30-7-10-34-36(25-30)47(2)42(54)50(34)35-11-12-37(51)46-41(35)53/h7,10,25-26,28,31-32,35H,3-6,8-9,11-24,27H2,1-2H3,(H,43,44,45)(H,46,51,53). The molecule has 16 heteroatoms. The highest BCUT2D eigenvalue weighted by Crippen LogP contribution is 2.32. The van der Waals surface area contributed by atoms with E-state index in [1.165, 1.54) is 41.2 Å². The van der Waals surface area contributed by atoms with Crippen molar-refractivity contribution in [3.63, 3.8) is 0 Å². The fraction of sp³-hybridized carbons (Fsp3) is 0.619. The molecule has 3 aliphatic rings. The predicted molar refractivity (Wildman–Crippen MR) is 216 cm³/mol. The Bertz CT molecular complexity index is 2080. The summed E-state index contributed by atoms with van der Waals surface area (Å²) in [6, 6.07) is 5.72. The molecule has 1 aliphatic carbocycles. The molecule has 3 amide bonds. The van der Waals surface area contributed by atoms with Crippen molar-refractivity contribution >= 4 is 39.8 Å². The van der Waals surface area contributed by atoms with Gasteiger partial charge in [0, 0.05) is 63.9 Å². The van der Waals surface area contributed by atoms with Gasteiger partial charge < -0.3 is 28.8 Å². The van der Waals surface area contributed by atoms with Gasteiger partial charge in [-0.25, -0.2) is 14.8 Å². The van der Waals surface area contributed by atoms with Crippen LogP contribution in [0.2, 0.25) is 0 Å². The van der Waals surface area contributed by atoms with Gasteiger partial charge in [-0.2, -0.15) is 0 Å². The number of fused-ring (bicyclic) bond motifs is 2. The van der Waals surface area contributed by atoms with E-state index >= 15 is 0 Å². The molecular weight excluding hydrogens is 745 g/mol. The highest BCUT2D eigenvalue weighted by molar-refractivity contribution is 6.00. The first kappa shape index (κ1) is 41.7. The minimum absolute atomic E-state index is 0.0395. The number of imidazole rings is 1. The Morgan fingerprint density at radius 3 is 2.28 bits per heavy atom. The predicted octanol–water partition coefficient (Wildman–Crippen LogP) is 2.84. The molecule has 0 radical (unpaired) electrons. The second-order valence-electron chi connectivity index (χ2n) is 15.8. The molecule has 2 aliphatic heterocycles. The maximum absolute atomic E-state index is 13.0. The zero-order valence-electron chi connectivity index (χ0n) is 33.9. The number of aryl methyl sites for hydroxylation is 3. The zero-order valence-corrected chi connectivity index (χ0v) is 33.9. The number of hydrogen-bond acceptors (Lipinski definition) is 11. The number of H-pyrrole nitrogens is 1. The first-order chi connectivity index (χ1) is 28.3. The van der Waals surface area contributed by atoms with E-state index < -0.39 is 11.9 Å². The molecule has 3 aromatic heterocycles. The lowest BCUT2D eigenvalue weighted by Crippen LogP contribution is -2.53. The fourth-order valence-corrected chi connectivity index (χ4v) is 8.76. The Morgan fingerprint density at radius 2 is 1.55 bits per heavy atom. The lowest BCUT2D eigenvalue weighted by Gasteiger charge is -2.42. The van der Waals surface area contributed by atoms with Crippen LogP contribution in [-0.2, 0) is 53.2 Å². The van der Waals surface area contributed by atoms with E-state index in [4.69, 9.17) is 18.9 Å². The van der Waals surface area contributed by atoms with Crippen molar-refractivity contribution in [2.45, 2.75) is 76.8 Å². The number of nitrogens with zero attached hydrogens (tertiary/aromatic N) is 6. The van der Waals surface area contributed by atoms with Gasteiger partial charge in [0.05, 0.1) is 56.4 Å². The number of ether oxygens (including phenoxy) is 4. The summed E-state index contributed by atoms with van der Waals surface area (Å²) in [6.45, 7) is 8.67. The van der Waals surface area contributed by atoms with Crippen LogP contribution < -0.4 is 11.0 Å². The van der Waals surface area contributed by atoms with Gasteiger partial charge in [0.15, 0.2) is 0 Å². The molecule has 16 nitrogen and oxygen atoms in total. The number of carbonyl (C=O) groups excluding carboxylic acids is 3. The molecule has 1 unspecified atom stereocenters. The third-order valence-corrected chi connectivity index (χ3v) is 12.0. The number of carbonyl (C=O) groups is 3. The Hall–Kier alpha value is -4.48. The number of aromatic nitrogens is 5. The van der Waals surface area contributed by atoms with Gasteiger partial charge in [0.2, 0.25) is 17.7 Å². The van der Waals surface area contributed by atoms with Crippen molar-refractivity contribution in [1.82, 2.24) is 39.2 Å². The van der Waals surface area contributed by atoms with Crippen LogP contribution in [0.4, 0.5) is 0 Å². The van der Waals surface area contributed by atoms with E-state index in [0.29, 0.717) is 70.1 Å². The number of nitrogens with one attached hydrogen (secondary N) is 2. The Morgan fingerprint density at radius 1 is 0.845 bits per heavy atom. The number of amides is 3.